The van der Waals surface area contributed by atoms with Crippen LogP contribution >= 0.6 is 0 Å². The maximum Gasteiger partial charge on any atom is 0.227 e. The van der Waals surface area contributed by atoms with E-state index >= 15 is 0 Å². The Hall–Kier alpha value is -2.14. The lowest BCUT2D eigenvalue weighted by atomic mass is 10.1. The second-order valence-electron chi connectivity index (χ2n) is 4.56. The van der Waals surface area contributed by atoms with Crippen LogP contribution in [-0.4, -0.2) is 21.7 Å². The van der Waals surface area contributed by atoms with E-state index in [2.05, 4.69) is 44.7 Å². The third kappa shape index (κ3) is 2.82. The summed E-state index contributed by atoms with van der Waals surface area (Å²) in [5.41, 5.74) is 2.44. The van der Waals surface area contributed by atoms with Crippen molar-refractivity contribution in [2.75, 3.05) is 6.54 Å². The molecule has 98 valence electrons. The minimum atomic E-state index is 0.686. The average Bonchev–Trinajstić information content (AvgIpc) is 3.03. The number of fused-ring (bicyclic) bond motifs is 1. The molecule has 0 amide bonds. The van der Waals surface area contributed by atoms with Gasteiger partial charge in [-0.05, 0) is 36.1 Å². The van der Waals surface area contributed by atoms with Gasteiger partial charge in [0.1, 0.15) is 0 Å². The molecule has 0 unspecified atom stereocenters. The molecule has 0 atom stereocenters. The van der Waals surface area contributed by atoms with Gasteiger partial charge >= 0.3 is 0 Å². The number of nitrogens with zero attached hydrogens (tertiary/aromatic N) is 2. The van der Waals surface area contributed by atoms with Crippen LogP contribution in [0.3, 0.4) is 0 Å². The molecule has 0 saturated heterocycles. The molecule has 0 bridgehead atoms. The number of aromatic amines is 1. The minimum absolute atomic E-state index is 0.686. The van der Waals surface area contributed by atoms with Crippen molar-refractivity contribution in [3.05, 3.63) is 47.7 Å². The van der Waals surface area contributed by atoms with Gasteiger partial charge in [-0.2, -0.15) is 4.98 Å². The molecule has 2 N–H and O–H groups in total. The van der Waals surface area contributed by atoms with E-state index in [9.17, 15) is 0 Å². The van der Waals surface area contributed by atoms with Gasteiger partial charge in [0.2, 0.25) is 5.89 Å². The van der Waals surface area contributed by atoms with E-state index in [1.54, 1.807) is 0 Å². The lowest BCUT2D eigenvalue weighted by molar-refractivity contribution is 0.372. The van der Waals surface area contributed by atoms with Gasteiger partial charge in [0.05, 0.1) is 0 Å². The standard InChI is InChI=1S/C14H16N4O/c1-10-17-14(19-18-10)5-6-15-9-11-2-3-13-12(8-11)4-7-16-13/h2-4,7-8,15-16H,5-6,9H2,1H3. The van der Waals surface area contributed by atoms with Crippen molar-refractivity contribution in [2.45, 2.75) is 19.9 Å². The molecule has 0 aliphatic carbocycles. The highest BCUT2D eigenvalue weighted by molar-refractivity contribution is 5.79. The average molecular weight is 256 g/mol. The Balaban J connectivity index is 1.51. The number of H-pyrrole nitrogens is 1. The van der Waals surface area contributed by atoms with Crippen LogP contribution in [-0.2, 0) is 13.0 Å². The molecule has 0 radical (unpaired) electrons. The lowest BCUT2D eigenvalue weighted by Gasteiger charge is -2.03. The molecule has 0 saturated carbocycles. The number of benzene rings is 1. The number of rotatable bonds is 5. The molecule has 19 heavy (non-hydrogen) atoms. The van der Waals surface area contributed by atoms with Gasteiger partial charge in [-0.3, -0.25) is 0 Å². The van der Waals surface area contributed by atoms with Crippen molar-refractivity contribution < 1.29 is 4.52 Å². The zero-order valence-corrected chi connectivity index (χ0v) is 10.8. The van der Waals surface area contributed by atoms with Crippen molar-refractivity contribution in [1.82, 2.24) is 20.4 Å². The molecule has 3 aromatic rings. The Morgan fingerprint density at radius 2 is 2.26 bits per heavy atom. The third-order valence-electron chi connectivity index (χ3n) is 3.03. The molecular weight excluding hydrogens is 240 g/mol. The maximum atomic E-state index is 5.06. The highest BCUT2D eigenvalue weighted by Gasteiger charge is 2.02. The third-order valence-corrected chi connectivity index (χ3v) is 3.03. The SMILES string of the molecule is Cc1noc(CCNCc2ccc3[nH]ccc3c2)n1. The van der Waals surface area contributed by atoms with E-state index in [-0.39, 0.29) is 0 Å². The van der Waals surface area contributed by atoms with Crippen molar-refractivity contribution in [1.29, 1.82) is 0 Å². The van der Waals surface area contributed by atoms with Crippen molar-refractivity contribution in [3.63, 3.8) is 0 Å². The molecule has 0 spiro atoms. The van der Waals surface area contributed by atoms with E-state index in [1.165, 1.54) is 16.5 Å². The first kappa shape index (κ1) is 11.9. The molecule has 0 aliphatic heterocycles. The normalized spacial score (nSPS) is 11.2. The van der Waals surface area contributed by atoms with E-state index in [0.717, 1.165) is 19.5 Å². The van der Waals surface area contributed by atoms with Crippen LogP contribution in [0.1, 0.15) is 17.3 Å². The van der Waals surface area contributed by atoms with Gasteiger partial charge in [-0.1, -0.05) is 11.2 Å². The Labute approximate surface area is 111 Å². The zero-order chi connectivity index (χ0) is 13.1. The van der Waals surface area contributed by atoms with Gasteiger partial charge < -0.3 is 14.8 Å². The smallest absolute Gasteiger partial charge is 0.227 e. The Morgan fingerprint density at radius 3 is 3.11 bits per heavy atom. The lowest BCUT2D eigenvalue weighted by Crippen LogP contribution is -2.16. The van der Waals surface area contributed by atoms with Gasteiger partial charge in [0.15, 0.2) is 5.82 Å². The molecule has 2 aromatic heterocycles. The second kappa shape index (κ2) is 5.24. The molecule has 2 heterocycles. The summed E-state index contributed by atoms with van der Waals surface area (Å²) in [6, 6.07) is 8.51. The summed E-state index contributed by atoms with van der Waals surface area (Å²) in [4.78, 5) is 7.36. The Morgan fingerprint density at radius 1 is 1.32 bits per heavy atom. The molecule has 0 aliphatic rings. The highest BCUT2D eigenvalue weighted by Crippen LogP contribution is 2.13. The summed E-state index contributed by atoms with van der Waals surface area (Å²) in [6.07, 6.45) is 2.72. The summed E-state index contributed by atoms with van der Waals surface area (Å²) < 4.78 is 5.06. The number of nitrogens with one attached hydrogen (secondary N) is 2. The van der Waals surface area contributed by atoms with E-state index in [0.29, 0.717) is 11.7 Å². The Bertz CT molecular complexity index is 671. The fourth-order valence-electron chi connectivity index (χ4n) is 2.08. The van der Waals surface area contributed by atoms with E-state index in [4.69, 9.17) is 4.52 Å². The van der Waals surface area contributed by atoms with Gasteiger partial charge in [0.25, 0.3) is 0 Å². The first-order valence-electron chi connectivity index (χ1n) is 6.37. The topological polar surface area (TPSA) is 66.7 Å². The van der Waals surface area contributed by atoms with Crippen molar-refractivity contribution >= 4 is 10.9 Å². The largest absolute Gasteiger partial charge is 0.361 e. The quantitative estimate of drug-likeness (QED) is 0.687. The zero-order valence-electron chi connectivity index (χ0n) is 10.8. The maximum absolute atomic E-state index is 5.06. The number of hydrogen-bond donors (Lipinski definition) is 2. The fraction of sp³-hybridized carbons (Fsp3) is 0.286. The van der Waals surface area contributed by atoms with Crippen LogP contribution in [0.15, 0.2) is 35.0 Å². The van der Waals surface area contributed by atoms with Gasteiger partial charge in [-0.25, -0.2) is 0 Å². The van der Waals surface area contributed by atoms with Crippen LogP contribution in [0.4, 0.5) is 0 Å². The predicted molar refractivity (Wildman–Crippen MR) is 72.7 cm³/mol. The van der Waals surface area contributed by atoms with Crippen LogP contribution in [0.5, 0.6) is 0 Å². The molecule has 5 nitrogen and oxygen atoms in total. The summed E-state index contributed by atoms with van der Waals surface area (Å²) in [5, 5.41) is 8.39. The van der Waals surface area contributed by atoms with Crippen LogP contribution in [0, 0.1) is 6.92 Å². The minimum Gasteiger partial charge on any atom is -0.361 e. The van der Waals surface area contributed by atoms with Crippen molar-refractivity contribution in [3.8, 4) is 0 Å². The second-order valence-corrected chi connectivity index (χ2v) is 4.56. The first-order chi connectivity index (χ1) is 9.31. The number of hydrogen-bond acceptors (Lipinski definition) is 4. The number of aryl methyl sites for hydroxylation is 1. The van der Waals surface area contributed by atoms with Crippen LogP contribution < -0.4 is 5.32 Å². The van der Waals surface area contributed by atoms with Crippen molar-refractivity contribution in [2.24, 2.45) is 0 Å². The molecule has 0 fully saturated rings. The fourth-order valence-corrected chi connectivity index (χ4v) is 2.08. The van der Waals surface area contributed by atoms with E-state index in [1.807, 2.05) is 13.1 Å². The highest BCUT2D eigenvalue weighted by atomic mass is 16.5. The van der Waals surface area contributed by atoms with Gasteiger partial charge in [0, 0.05) is 31.2 Å². The van der Waals surface area contributed by atoms with Crippen LogP contribution in [0.2, 0.25) is 0 Å². The predicted octanol–water partition coefficient (Wildman–Crippen LogP) is 2.19. The summed E-state index contributed by atoms with van der Waals surface area (Å²) in [6.45, 7) is 3.49. The first-order valence-corrected chi connectivity index (χ1v) is 6.37. The van der Waals surface area contributed by atoms with Crippen LogP contribution in [0.25, 0.3) is 10.9 Å². The molecule has 1 aromatic carbocycles. The summed E-state index contributed by atoms with van der Waals surface area (Å²) >= 11 is 0. The summed E-state index contributed by atoms with van der Waals surface area (Å²) in [7, 11) is 0. The Kier molecular flexibility index (Phi) is 3.29. The number of aromatic nitrogens is 3. The van der Waals surface area contributed by atoms with Gasteiger partial charge in [-0.15, -0.1) is 0 Å². The summed E-state index contributed by atoms with van der Waals surface area (Å²) in [5.74, 6) is 1.37. The molecular formula is C14H16N4O. The molecule has 3 rings (SSSR count). The molecule has 5 heteroatoms. The monoisotopic (exact) mass is 256 g/mol. The van der Waals surface area contributed by atoms with E-state index < -0.39 is 0 Å².